The van der Waals surface area contributed by atoms with Crippen molar-refractivity contribution in [2.24, 2.45) is 5.92 Å². The summed E-state index contributed by atoms with van der Waals surface area (Å²) < 4.78 is 25.6. The van der Waals surface area contributed by atoms with Gasteiger partial charge in [-0.05, 0) is 12.8 Å². The zero-order valence-corrected chi connectivity index (χ0v) is 8.84. The molecule has 0 aromatic rings. The predicted octanol–water partition coefficient (Wildman–Crippen LogP) is 1.40. The molecule has 16 heavy (non-hydrogen) atoms. The lowest BCUT2D eigenvalue weighted by Crippen LogP contribution is -2.36. The highest BCUT2D eigenvalue weighted by Crippen LogP contribution is 2.36. The lowest BCUT2D eigenvalue weighted by molar-refractivity contribution is -0.137. The van der Waals surface area contributed by atoms with E-state index in [9.17, 15) is 18.4 Å². The molecule has 1 saturated carbocycles. The van der Waals surface area contributed by atoms with E-state index in [-0.39, 0.29) is 44.6 Å². The fraction of sp³-hybridized carbons (Fsp3) is 0.800. The van der Waals surface area contributed by atoms with Crippen LogP contribution in [0.15, 0.2) is 0 Å². The zero-order chi connectivity index (χ0) is 12.2. The summed E-state index contributed by atoms with van der Waals surface area (Å²) >= 11 is 0. The van der Waals surface area contributed by atoms with Crippen molar-refractivity contribution in [3.63, 3.8) is 0 Å². The van der Waals surface area contributed by atoms with Gasteiger partial charge < -0.3 is 10.4 Å². The topological polar surface area (TPSA) is 66.4 Å². The first-order valence-electron chi connectivity index (χ1n) is 5.28. The Labute approximate surface area is 92.0 Å². The van der Waals surface area contributed by atoms with Gasteiger partial charge in [-0.3, -0.25) is 9.59 Å². The molecule has 0 aromatic heterocycles. The predicted molar refractivity (Wildman–Crippen MR) is 52.2 cm³/mol. The minimum absolute atomic E-state index is 0.0566. The standard InChI is InChI=1S/C10H15F2NO3/c11-10(12)4-1-7(2-5-10)9(16)13-6-3-8(14)15/h7H,1-6H2,(H,13,16)(H,14,15). The zero-order valence-electron chi connectivity index (χ0n) is 8.84. The molecule has 2 N–H and O–H groups in total. The number of rotatable bonds is 4. The Hall–Kier alpha value is -1.20. The number of nitrogens with one attached hydrogen (secondary N) is 1. The van der Waals surface area contributed by atoms with Crippen molar-refractivity contribution in [1.29, 1.82) is 0 Å². The van der Waals surface area contributed by atoms with Crippen molar-refractivity contribution >= 4 is 11.9 Å². The minimum Gasteiger partial charge on any atom is -0.481 e. The van der Waals surface area contributed by atoms with Crippen LogP contribution in [0, 0.1) is 5.92 Å². The van der Waals surface area contributed by atoms with Crippen LogP contribution in [-0.2, 0) is 9.59 Å². The largest absolute Gasteiger partial charge is 0.481 e. The summed E-state index contributed by atoms with van der Waals surface area (Å²) in [6, 6.07) is 0. The third-order valence-corrected chi connectivity index (χ3v) is 2.73. The average molecular weight is 235 g/mol. The van der Waals surface area contributed by atoms with E-state index < -0.39 is 17.8 Å². The Morgan fingerprint density at radius 2 is 1.88 bits per heavy atom. The van der Waals surface area contributed by atoms with E-state index in [1.54, 1.807) is 0 Å². The van der Waals surface area contributed by atoms with Gasteiger partial charge in [0.05, 0.1) is 6.42 Å². The van der Waals surface area contributed by atoms with Crippen LogP contribution in [0.5, 0.6) is 0 Å². The summed E-state index contributed by atoms with van der Waals surface area (Å²) in [7, 11) is 0. The van der Waals surface area contributed by atoms with E-state index in [0.29, 0.717) is 0 Å². The molecule has 0 bridgehead atoms. The molecule has 1 rings (SSSR count). The summed E-state index contributed by atoms with van der Waals surface area (Å²) in [5, 5.41) is 10.8. The molecular formula is C10H15F2NO3. The van der Waals surface area contributed by atoms with Gasteiger partial charge in [0.1, 0.15) is 0 Å². The Morgan fingerprint density at radius 3 is 2.38 bits per heavy atom. The molecule has 0 saturated heterocycles. The Kier molecular flexibility index (Phi) is 4.20. The van der Waals surface area contributed by atoms with Crippen LogP contribution in [0.3, 0.4) is 0 Å². The van der Waals surface area contributed by atoms with Gasteiger partial charge in [-0.2, -0.15) is 0 Å². The number of alkyl halides is 2. The van der Waals surface area contributed by atoms with Crippen LogP contribution in [0.25, 0.3) is 0 Å². The highest BCUT2D eigenvalue weighted by atomic mass is 19.3. The van der Waals surface area contributed by atoms with Crippen molar-refractivity contribution < 1.29 is 23.5 Å². The maximum absolute atomic E-state index is 12.8. The molecule has 1 aliphatic rings. The second kappa shape index (κ2) is 5.23. The van der Waals surface area contributed by atoms with Gasteiger partial charge in [0.25, 0.3) is 0 Å². The third-order valence-electron chi connectivity index (χ3n) is 2.73. The summed E-state index contributed by atoms with van der Waals surface area (Å²) in [6.45, 7) is 0.0566. The first-order valence-corrected chi connectivity index (χ1v) is 5.28. The first kappa shape index (κ1) is 12.9. The molecule has 0 heterocycles. The van der Waals surface area contributed by atoms with Crippen molar-refractivity contribution in [3.8, 4) is 0 Å². The number of aliphatic carboxylic acids is 1. The maximum Gasteiger partial charge on any atom is 0.305 e. The molecular weight excluding hydrogens is 220 g/mol. The SMILES string of the molecule is O=C(O)CCNC(=O)C1CCC(F)(F)CC1. The molecule has 0 spiro atoms. The number of hydrogen-bond donors (Lipinski definition) is 2. The molecule has 0 aromatic carbocycles. The molecule has 1 fully saturated rings. The lowest BCUT2D eigenvalue weighted by Gasteiger charge is -2.27. The van der Waals surface area contributed by atoms with Gasteiger partial charge in [-0.15, -0.1) is 0 Å². The van der Waals surface area contributed by atoms with E-state index >= 15 is 0 Å². The molecule has 0 radical (unpaired) electrons. The van der Waals surface area contributed by atoms with Gasteiger partial charge in [0.15, 0.2) is 0 Å². The van der Waals surface area contributed by atoms with E-state index in [0.717, 1.165) is 0 Å². The lowest BCUT2D eigenvalue weighted by atomic mass is 9.86. The number of amides is 1. The molecule has 1 amide bonds. The number of carbonyl (C=O) groups is 2. The van der Waals surface area contributed by atoms with Gasteiger partial charge in [-0.1, -0.05) is 0 Å². The van der Waals surface area contributed by atoms with Crippen molar-refractivity contribution in [1.82, 2.24) is 5.32 Å². The molecule has 0 unspecified atom stereocenters. The first-order chi connectivity index (χ1) is 7.41. The molecule has 6 heteroatoms. The average Bonchev–Trinajstić information content (AvgIpc) is 2.16. The molecule has 0 atom stereocenters. The number of carboxylic acids is 1. The normalized spacial score (nSPS) is 20.4. The highest BCUT2D eigenvalue weighted by molar-refractivity contribution is 5.79. The molecule has 92 valence electrons. The van der Waals surface area contributed by atoms with Crippen LogP contribution >= 0.6 is 0 Å². The van der Waals surface area contributed by atoms with Crippen molar-refractivity contribution in [2.45, 2.75) is 38.0 Å². The van der Waals surface area contributed by atoms with Gasteiger partial charge in [0.2, 0.25) is 11.8 Å². The summed E-state index contributed by atoms with van der Waals surface area (Å²) in [6.07, 6.45) is -0.319. The Balaban J connectivity index is 2.25. The number of hydrogen-bond acceptors (Lipinski definition) is 2. The van der Waals surface area contributed by atoms with Crippen molar-refractivity contribution in [3.05, 3.63) is 0 Å². The fourth-order valence-electron chi connectivity index (χ4n) is 1.74. The van der Waals surface area contributed by atoms with Gasteiger partial charge in [0, 0.05) is 25.3 Å². The minimum atomic E-state index is -2.64. The summed E-state index contributed by atoms with van der Waals surface area (Å²) in [4.78, 5) is 21.6. The molecule has 4 nitrogen and oxygen atoms in total. The van der Waals surface area contributed by atoms with E-state index in [4.69, 9.17) is 5.11 Å². The monoisotopic (exact) mass is 235 g/mol. The van der Waals surface area contributed by atoms with Crippen LogP contribution in [0.1, 0.15) is 32.1 Å². The fourth-order valence-corrected chi connectivity index (χ4v) is 1.74. The van der Waals surface area contributed by atoms with Crippen LogP contribution in [-0.4, -0.2) is 29.5 Å². The second-order valence-electron chi connectivity index (χ2n) is 4.06. The second-order valence-corrected chi connectivity index (χ2v) is 4.06. The quantitative estimate of drug-likeness (QED) is 0.774. The maximum atomic E-state index is 12.8. The number of carbonyl (C=O) groups excluding carboxylic acids is 1. The number of halogens is 2. The molecule has 1 aliphatic carbocycles. The number of carboxylic acid groups (broad SMARTS) is 1. The summed E-state index contributed by atoms with van der Waals surface area (Å²) in [5.41, 5.74) is 0. The smallest absolute Gasteiger partial charge is 0.305 e. The molecule has 0 aliphatic heterocycles. The summed E-state index contributed by atoms with van der Waals surface area (Å²) in [5.74, 6) is -4.33. The van der Waals surface area contributed by atoms with E-state index in [2.05, 4.69) is 5.32 Å². The van der Waals surface area contributed by atoms with Crippen molar-refractivity contribution in [2.75, 3.05) is 6.54 Å². The van der Waals surface area contributed by atoms with Gasteiger partial charge >= 0.3 is 5.97 Å². The van der Waals surface area contributed by atoms with E-state index in [1.807, 2.05) is 0 Å². The van der Waals surface area contributed by atoms with Gasteiger partial charge in [-0.25, -0.2) is 8.78 Å². The Bertz CT molecular complexity index is 271. The van der Waals surface area contributed by atoms with Crippen LogP contribution in [0.4, 0.5) is 8.78 Å². The van der Waals surface area contributed by atoms with Crippen LogP contribution < -0.4 is 5.32 Å². The van der Waals surface area contributed by atoms with Crippen LogP contribution in [0.2, 0.25) is 0 Å². The Morgan fingerprint density at radius 1 is 1.31 bits per heavy atom. The third kappa shape index (κ3) is 4.12. The van der Waals surface area contributed by atoms with E-state index in [1.165, 1.54) is 0 Å². The highest BCUT2D eigenvalue weighted by Gasteiger charge is 2.37.